The van der Waals surface area contributed by atoms with Crippen molar-refractivity contribution in [2.75, 3.05) is 25.1 Å². The zero-order chi connectivity index (χ0) is 17.8. The van der Waals surface area contributed by atoms with Gasteiger partial charge in [-0.05, 0) is 24.3 Å². The van der Waals surface area contributed by atoms with Crippen LogP contribution in [0.2, 0.25) is 10.0 Å². The molecular weight excluding hydrogens is 369 g/mol. The average Bonchev–Trinajstić information content (AvgIpc) is 2.62. The number of nitrogens with one attached hydrogen (secondary N) is 1. The van der Waals surface area contributed by atoms with Crippen LogP contribution in [0.3, 0.4) is 0 Å². The summed E-state index contributed by atoms with van der Waals surface area (Å²) in [6.45, 7) is 0.471. The summed E-state index contributed by atoms with van der Waals surface area (Å²) >= 11 is 11.8. The second kappa shape index (κ2) is 7.63. The summed E-state index contributed by atoms with van der Waals surface area (Å²) in [6, 6.07) is 9.59. The molecule has 0 aliphatic carbocycles. The number of carbonyl (C=O) groups excluding carboxylic acids is 2. The van der Waals surface area contributed by atoms with E-state index in [-0.39, 0.29) is 15.6 Å². The van der Waals surface area contributed by atoms with Gasteiger partial charge in [-0.1, -0.05) is 29.3 Å². The number of ether oxygens (including phenoxy) is 3. The molecule has 0 bridgehead atoms. The standard InChI is InChI=1S/C17H13Cl2NO5/c18-12-3-1-2-11(16(12)19)17(22)25-9-15(21)20-10-4-5-13-14(8-10)24-7-6-23-13/h1-5,8H,6-7,9H2,(H,20,21). The van der Waals surface area contributed by atoms with Crippen LogP contribution in [0.25, 0.3) is 0 Å². The summed E-state index contributed by atoms with van der Waals surface area (Å²) in [7, 11) is 0. The maximum atomic E-state index is 12.0. The maximum absolute atomic E-state index is 12.0. The maximum Gasteiger partial charge on any atom is 0.340 e. The predicted molar refractivity (Wildman–Crippen MR) is 92.8 cm³/mol. The topological polar surface area (TPSA) is 73.9 Å². The first-order chi connectivity index (χ1) is 12.0. The number of hydrogen-bond acceptors (Lipinski definition) is 5. The number of benzene rings is 2. The van der Waals surface area contributed by atoms with Crippen LogP contribution < -0.4 is 14.8 Å². The summed E-state index contributed by atoms with van der Waals surface area (Å²) in [5.41, 5.74) is 0.604. The molecule has 0 saturated carbocycles. The Kier molecular flexibility index (Phi) is 5.31. The molecule has 1 heterocycles. The van der Waals surface area contributed by atoms with Crippen LogP contribution in [0.15, 0.2) is 36.4 Å². The zero-order valence-electron chi connectivity index (χ0n) is 12.9. The van der Waals surface area contributed by atoms with Crippen molar-refractivity contribution in [1.82, 2.24) is 0 Å². The summed E-state index contributed by atoms with van der Waals surface area (Å²) in [6.07, 6.45) is 0. The number of halogens is 2. The average molecular weight is 382 g/mol. The van der Waals surface area contributed by atoms with Gasteiger partial charge >= 0.3 is 5.97 Å². The van der Waals surface area contributed by atoms with Crippen LogP contribution in [-0.2, 0) is 9.53 Å². The molecule has 6 nitrogen and oxygen atoms in total. The van der Waals surface area contributed by atoms with Crippen molar-refractivity contribution in [3.63, 3.8) is 0 Å². The molecule has 0 spiro atoms. The van der Waals surface area contributed by atoms with E-state index in [0.29, 0.717) is 30.4 Å². The lowest BCUT2D eigenvalue weighted by Crippen LogP contribution is -2.21. The molecule has 1 aliphatic heterocycles. The lowest BCUT2D eigenvalue weighted by molar-refractivity contribution is -0.119. The second-order valence-corrected chi connectivity index (χ2v) is 5.87. The van der Waals surface area contributed by atoms with Crippen LogP contribution >= 0.6 is 23.2 Å². The molecule has 0 unspecified atom stereocenters. The van der Waals surface area contributed by atoms with Gasteiger partial charge in [0, 0.05) is 11.8 Å². The van der Waals surface area contributed by atoms with Crippen LogP contribution in [-0.4, -0.2) is 31.7 Å². The van der Waals surface area contributed by atoms with Gasteiger partial charge in [-0.15, -0.1) is 0 Å². The molecule has 0 saturated heterocycles. The van der Waals surface area contributed by atoms with Gasteiger partial charge in [-0.2, -0.15) is 0 Å². The van der Waals surface area contributed by atoms with E-state index < -0.39 is 18.5 Å². The Bertz CT molecular complexity index is 825. The number of carbonyl (C=O) groups is 2. The van der Waals surface area contributed by atoms with E-state index in [9.17, 15) is 9.59 Å². The van der Waals surface area contributed by atoms with Crippen molar-refractivity contribution in [3.05, 3.63) is 52.0 Å². The fourth-order valence-corrected chi connectivity index (χ4v) is 2.57. The molecule has 25 heavy (non-hydrogen) atoms. The first-order valence-electron chi connectivity index (χ1n) is 7.35. The van der Waals surface area contributed by atoms with E-state index in [1.165, 1.54) is 6.07 Å². The molecule has 0 fully saturated rings. The van der Waals surface area contributed by atoms with Gasteiger partial charge in [0.25, 0.3) is 5.91 Å². The van der Waals surface area contributed by atoms with E-state index in [4.69, 9.17) is 37.4 Å². The van der Waals surface area contributed by atoms with Crippen molar-refractivity contribution in [2.24, 2.45) is 0 Å². The molecule has 1 N–H and O–H groups in total. The van der Waals surface area contributed by atoms with Gasteiger partial charge < -0.3 is 19.5 Å². The lowest BCUT2D eigenvalue weighted by atomic mass is 10.2. The van der Waals surface area contributed by atoms with Gasteiger partial charge in [0.05, 0.1) is 15.6 Å². The van der Waals surface area contributed by atoms with E-state index in [0.717, 1.165) is 0 Å². The minimum Gasteiger partial charge on any atom is -0.486 e. The highest BCUT2D eigenvalue weighted by Crippen LogP contribution is 2.32. The van der Waals surface area contributed by atoms with Gasteiger partial charge in [0.1, 0.15) is 13.2 Å². The summed E-state index contributed by atoms with van der Waals surface area (Å²) in [4.78, 5) is 23.9. The molecule has 8 heteroatoms. The Labute approximate surface area is 153 Å². The normalized spacial score (nSPS) is 12.4. The zero-order valence-corrected chi connectivity index (χ0v) is 14.4. The SMILES string of the molecule is O=C(COC(=O)c1cccc(Cl)c1Cl)Nc1ccc2c(c1)OCCO2. The Hall–Kier alpha value is -2.44. The molecular formula is C17H13Cl2NO5. The summed E-state index contributed by atoms with van der Waals surface area (Å²) < 4.78 is 15.8. The van der Waals surface area contributed by atoms with Gasteiger partial charge in [0.15, 0.2) is 18.1 Å². The van der Waals surface area contributed by atoms with Crippen molar-refractivity contribution >= 4 is 40.8 Å². The third kappa shape index (κ3) is 4.15. The van der Waals surface area contributed by atoms with Gasteiger partial charge in [-0.3, -0.25) is 4.79 Å². The monoisotopic (exact) mass is 381 g/mol. The molecule has 2 aromatic rings. The highest BCUT2D eigenvalue weighted by molar-refractivity contribution is 6.43. The van der Waals surface area contributed by atoms with Crippen molar-refractivity contribution < 1.29 is 23.8 Å². The van der Waals surface area contributed by atoms with Crippen LogP contribution in [0.5, 0.6) is 11.5 Å². The molecule has 130 valence electrons. The molecule has 3 rings (SSSR count). The van der Waals surface area contributed by atoms with E-state index in [1.807, 2.05) is 0 Å². The summed E-state index contributed by atoms with van der Waals surface area (Å²) in [5.74, 6) is -0.0639. The molecule has 0 aromatic heterocycles. The first-order valence-corrected chi connectivity index (χ1v) is 8.11. The Morgan fingerprint density at radius 1 is 1.08 bits per heavy atom. The van der Waals surface area contributed by atoms with Crippen molar-refractivity contribution in [3.8, 4) is 11.5 Å². The number of esters is 1. The van der Waals surface area contributed by atoms with Crippen LogP contribution in [0, 0.1) is 0 Å². The third-order valence-electron chi connectivity index (χ3n) is 3.33. The first kappa shape index (κ1) is 17.4. The fourth-order valence-electron chi connectivity index (χ4n) is 2.19. The van der Waals surface area contributed by atoms with E-state index in [2.05, 4.69) is 5.32 Å². The highest BCUT2D eigenvalue weighted by Gasteiger charge is 2.16. The quantitative estimate of drug-likeness (QED) is 0.819. The molecule has 0 radical (unpaired) electrons. The van der Waals surface area contributed by atoms with Gasteiger partial charge in [-0.25, -0.2) is 4.79 Å². The van der Waals surface area contributed by atoms with Gasteiger partial charge in [0.2, 0.25) is 0 Å². The van der Waals surface area contributed by atoms with Crippen LogP contribution in [0.1, 0.15) is 10.4 Å². The highest BCUT2D eigenvalue weighted by atomic mass is 35.5. The summed E-state index contributed by atoms with van der Waals surface area (Å²) in [5, 5.41) is 2.93. The van der Waals surface area contributed by atoms with E-state index in [1.54, 1.807) is 30.3 Å². The smallest absolute Gasteiger partial charge is 0.340 e. The second-order valence-electron chi connectivity index (χ2n) is 5.08. The van der Waals surface area contributed by atoms with Crippen LogP contribution in [0.4, 0.5) is 5.69 Å². The minimum absolute atomic E-state index is 0.0846. The van der Waals surface area contributed by atoms with Crippen molar-refractivity contribution in [1.29, 1.82) is 0 Å². The minimum atomic E-state index is -0.732. The number of hydrogen-bond donors (Lipinski definition) is 1. The molecule has 2 aromatic carbocycles. The number of amides is 1. The third-order valence-corrected chi connectivity index (χ3v) is 4.15. The number of fused-ring (bicyclic) bond motifs is 1. The Balaban J connectivity index is 1.58. The predicted octanol–water partition coefficient (Wildman–Crippen LogP) is 3.56. The van der Waals surface area contributed by atoms with E-state index >= 15 is 0 Å². The fraction of sp³-hybridized carbons (Fsp3) is 0.176. The molecule has 1 aliphatic rings. The Morgan fingerprint density at radius 2 is 1.84 bits per heavy atom. The van der Waals surface area contributed by atoms with Crippen molar-refractivity contribution in [2.45, 2.75) is 0 Å². The Morgan fingerprint density at radius 3 is 2.64 bits per heavy atom. The number of anilines is 1. The molecule has 1 amide bonds. The molecule has 0 atom stereocenters. The lowest BCUT2D eigenvalue weighted by Gasteiger charge is -2.19. The largest absolute Gasteiger partial charge is 0.486 e. The number of rotatable bonds is 4.